The number of alkyl halides is 3. The van der Waals surface area contributed by atoms with E-state index >= 15 is 0 Å². The summed E-state index contributed by atoms with van der Waals surface area (Å²) in [7, 11) is 0. The van der Waals surface area contributed by atoms with Gasteiger partial charge in [0.05, 0.1) is 4.92 Å². The van der Waals surface area contributed by atoms with E-state index in [4.69, 9.17) is 0 Å². The first-order valence-electron chi connectivity index (χ1n) is 5.67. The van der Waals surface area contributed by atoms with E-state index in [0.29, 0.717) is 12.1 Å². The summed E-state index contributed by atoms with van der Waals surface area (Å²) < 4.78 is 66.8. The lowest BCUT2D eigenvalue weighted by Crippen LogP contribution is -2.17. The Kier molecular flexibility index (Phi) is 3.98. The minimum atomic E-state index is -5.11. The first-order chi connectivity index (χ1) is 10.2. The fourth-order valence-electron chi connectivity index (χ4n) is 1.77. The number of nitro groups is 1. The Morgan fingerprint density at radius 3 is 2.36 bits per heavy atom. The van der Waals surface area contributed by atoms with Crippen LogP contribution >= 0.6 is 0 Å². The SMILES string of the molecule is O=[N+]([O-])c1cc(-c2cccc(F)c2F)ccc1OC(F)(F)F. The molecule has 2 aromatic rings. The quantitative estimate of drug-likeness (QED) is 0.477. The summed E-state index contributed by atoms with van der Waals surface area (Å²) in [5.74, 6) is -3.49. The normalized spacial score (nSPS) is 11.3. The minimum Gasteiger partial charge on any atom is -0.398 e. The molecule has 22 heavy (non-hydrogen) atoms. The van der Waals surface area contributed by atoms with Gasteiger partial charge in [-0.2, -0.15) is 0 Å². The van der Waals surface area contributed by atoms with E-state index in [2.05, 4.69) is 4.74 Å². The monoisotopic (exact) mass is 319 g/mol. The molecule has 4 nitrogen and oxygen atoms in total. The van der Waals surface area contributed by atoms with Gasteiger partial charge in [0, 0.05) is 11.6 Å². The standard InChI is InChI=1S/C13H6F5NO3/c14-9-3-1-2-8(12(9)15)7-4-5-11(22-13(16,17)18)10(6-7)19(20)21/h1-6H. The fourth-order valence-corrected chi connectivity index (χ4v) is 1.77. The molecule has 0 saturated carbocycles. The Labute approximate surface area is 119 Å². The van der Waals surface area contributed by atoms with Gasteiger partial charge in [-0.3, -0.25) is 10.1 Å². The third kappa shape index (κ3) is 3.30. The van der Waals surface area contributed by atoms with Crippen molar-refractivity contribution in [1.82, 2.24) is 0 Å². The highest BCUT2D eigenvalue weighted by atomic mass is 19.4. The van der Waals surface area contributed by atoms with Crippen molar-refractivity contribution in [3.63, 3.8) is 0 Å². The van der Waals surface area contributed by atoms with Gasteiger partial charge in [-0.05, 0) is 17.7 Å². The average molecular weight is 319 g/mol. The summed E-state index contributed by atoms with van der Waals surface area (Å²) in [6, 6.07) is 5.46. The molecule has 0 amide bonds. The third-order valence-corrected chi connectivity index (χ3v) is 2.64. The van der Waals surface area contributed by atoms with Gasteiger partial charge in [0.2, 0.25) is 5.75 Å². The Morgan fingerprint density at radius 2 is 1.77 bits per heavy atom. The minimum absolute atomic E-state index is 0.154. The number of rotatable bonds is 3. The molecule has 0 atom stereocenters. The molecule has 0 aliphatic heterocycles. The van der Waals surface area contributed by atoms with Gasteiger partial charge in [-0.15, -0.1) is 13.2 Å². The smallest absolute Gasteiger partial charge is 0.398 e. The molecule has 116 valence electrons. The van der Waals surface area contributed by atoms with Crippen LogP contribution in [0.4, 0.5) is 27.6 Å². The van der Waals surface area contributed by atoms with Gasteiger partial charge in [0.15, 0.2) is 11.6 Å². The molecule has 0 heterocycles. The summed E-state index contributed by atoms with van der Waals surface area (Å²) in [5.41, 5.74) is -1.49. The fraction of sp³-hybridized carbons (Fsp3) is 0.0769. The van der Waals surface area contributed by atoms with Crippen LogP contribution in [0.25, 0.3) is 11.1 Å². The Bertz CT molecular complexity index is 730. The maximum atomic E-state index is 13.6. The van der Waals surface area contributed by atoms with Gasteiger partial charge >= 0.3 is 12.0 Å². The largest absolute Gasteiger partial charge is 0.573 e. The molecule has 0 aliphatic rings. The Morgan fingerprint density at radius 1 is 1.09 bits per heavy atom. The first kappa shape index (κ1) is 15.7. The molecule has 0 bridgehead atoms. The number of nitrogens with zero attached hydrogens (tertiary/aromatic N) is 1. The van der Waals surface area contributed by atoms with Crippen LogP contribution in [0.15, 0.2) is 36.4 Å². The van der Waals surface area contributed by atoms with Crippen LogP contribution in [-0.2, 0) is 0 Å². The third-order valence-electron chi connectivity index (χ3n) is 2.64. The van der Waals surface area contributed by atoms with Crippen molar-refractivity contribution in [2.45, 2.75) is 6.36 Å². The zero-order valence-electron chi connectivity index (χ0n) is 10.5. The molecule has 0 radical (unpaired) electrons. The zero-order valence-corrected chi connectivity index (χ0v) is 10.5. The number of benzene rings is 2. The van der Waals surface area contributed by atoms with E-state index in [0.717, 1.165) is 18.2 Å². The van der Waals surface area contributed by atoms with Crippen LogP contribution in [0.2, 0.25) is 0 Å². The molecule has 0 N–H and O–H groups in total. The van der Waals surface area contributed by atoms with Crippen molar-refractivity contribution in [3.05, 3.63) is 58.1 Å². The van der Waals surface area contributed by atoms with Crippen molar-refractivity contribution >= 4 is 5.69 Å². The maximum Gasteiger partial charge on any atom is 0.573 e. The van der Waals surface area contributed by atoms with Crippen LogP contribution in [0.5, 0.6) is 5.75 Å². The first-order valence-corrected chi connectivity index (χ1v) is 5.67. The van der Waals surface area contributed by atoms with E-state index in [1.807, 2.05) is 0 Å². The van der Waals surface area contributed by atoms with E-state index in [-0.39, 0.29) is 11.1 Å². The van der Waals surface area contributed by atoms with E-state index in [1.165, 1.54) is 6.07 Å². The van der Waals surface area contributed by atoms with E-state index in [9.17, 15) is 32.1 Å². The van der Waals surface area contributed by atoms with Crippen LogP contribution in [0.1, 0.15) is 0 Å². The van der Waals surface area contributed by atoms with Gasteiger partial charge < -0.3 is 4.74 Å². The number of ether oxygens (including phenoxy) is 1. The molecular weight excluding hydrogens is 313 g/mol. The highest BCUT2D eigenvalue weighted by Crippen LogP contribution is 2.36. The summed E-state index contributed by atoms with van der Waals surface area (Å²) in [5, 5.41) is 10.8. The molecule has 2 aromatic carbocycles. The van der Waals surface area contributed by atoms with Gasteiger partial charge in [-0.25, -0.2) is 8.78 Å². The molecule has 0 fully saturated rings. The molecule has 0 aliphatic carbocycles. The van der Waals surface area contributed by atoms with Gasteiger partial charge in [0.25, 0.3) is 0 Å². The Hall–Kier alpha value is -2.71. The van der Waals surface area contributed by atoms with Gasteiger partial charge in [0.1, 0.15) is 0 Å². The summed E-state index contributed by atoms with van der Waals surface area (Å²) in [6.07, 6.45) is -5.11. The molecular formula is C13H6F5NO3. The molecule has 0 saturated heterocycles. The number of hydrogen-bond acceptors (Lipinski definition) is 3. The van der Waals surface area contributed by atoms with Crippen LogP contribution in [-0.4, -0.2) is 11.3 Å². The van der Waals surface area contributed by atoms with Crippen molar-refractivity contribution in [2.24, 2.45) is 0 Å². The molecule has 0 aromatic heterocycles. The maximum absolute atomic E-state index is 13.6. The highest BCUT2D eigenvalue weighted by Gasteiger charge is 2.34. The summed E-state index contributed by atoms with van der Waals surface area (Å²) >= 11 is 0. The lowest BCUT2D eigenvalue weighted by atomic mass is 10.0. The topological polar surface area (TPSA) is 52.4 Å². The van der Waals surface area contributed by atoms with Crippen molar-refractivity contribution < 1.29 is 31.6 Å². The molecule has 9 heteroatoms. The highest BCUT2D eigenvalue weighted by molar-refractivity contribution is 5.69. The van der Waals surface area contributed by atoms with Crippen LogP contribution in [0.3, 0.4) is 0 Å². The average Bonchev–Trinajstić information content (AvgIpc) is 2.40. The van der Waals surface area contributed by atoms with Gasteiger partial charge in [-0.1, -0.05) is 18.2 Å². The second kappa shape index (κ2) is 5.58. The summed E-state index contributed by atoms with van der Waals surface area (Å²) in [4.78, 5) is 9.72. The summed E-state index contributed by atoms with van der Waals surface area (Å²) in [6.45, 7) is 0. The van der Waals surface area contributed by atoms with Crippen molar-refractivity contribution in [1.29, 1.82) is 0 Å². The second-order valence-electron chi connectivity index (χ2n) is 4.09. The number of hydrogen-bond donors (Lipinski definition) is 0. The van der Waals surface area contributed by atoms with Crippen LogP contribution in [0, 0.1) is 21.7 Å². The molecule has 0 spiro atoms. The number of nitro benzene ring substituents is 1. The van der Waals surface area contributed by atoms with Crippen molar-refractivity contribution in [2.75, 3.05) is 0 Å². The predicted octanol–water partition coefficient (Wildman–Crippen LogP) is 4.44. The zero-order chi connectivity index (χ0) is 16.5. The molecule has 2 rings (SSSR count). The lowest BCUT2D eigenvalue weighted by molar-refractivity contribution is -0.388. The lowest BCUT2D eigenvalue weighted by Gasteiger charge is -2.10. The van der Waals surface area contributed by atoms with Crippen LogP contribution < -0.4 is 4.74 Å². The molecule has 0 unspecified atom stereocenters. The van der Waals surface area contributed by atoms with Crippen molar-refractivity contribution in [3.8, 4) is 16.9 Å². The second-order valence-corrected chi connectivity index (χ2v) is 4.09. The number of halogens is 5. The Balaban J connectivity index is 2.55. The predicted molar refractivity (Wildman–Crippen MR) is 65.1 cm³/mol. The van der Waals surface area contributed by atoms with E-state index < -0.39 is 34.4 Å². The van der Waals surface area contributed by atoms with E-state index in [1.54, 1.807) is 0 Å².